The van der Waals surface area contributed by atoms with Crippen LogP contribution in [-0.4, -0.2) is 41.0 Å². The second kappa shape index (κ2) is 7.59. The number of hydrogen-bond donors (Lipinski definition) is 3. The van der Waals surface area contributed by atoms with Crippen LogP contribution in [0.1, 0.15) is 34.6 Å². The molecule has 2 rings (SSSR count). The van der Waals surface area contributed by atoms with Crippen LogP contribution in [0.5, 0.6) is 0 Å². The van der Waals surface area contributed by atoms with Gasteiger partial charge in [-0.25, -0.2) is 4.89 Å². The largest absolute Gasteiger partial charge is 0.397 e. The van der Waals surface area contributed by atoms with Gasteiger partial charge in [0.15, 0.2) is 0 Å². The number of pyridine rings is 1. The number of piperazine rings is 1. The van der Waals surface area contributed by atoms with Crippen LogP contribution in [0, 0.1) is 0 Å². The maximum absolute atomic E-state index is 7.90. The Balaban J connectivity index is 0.000000315. The number of nitrogens with one attached hydrogen (secondary N) is 1. The van der Waals surface area contributed by atoms with Crippen LogP contribution in [0.15, 0.2) is 18.5 Å². The molecule has 120 valence electrons. The molecule has 0 radical (unpaired) electrons. The summed E-state index contributed by atoms with van der Waals surface area (Å²) < 4.78 is 0. The van der Waals surface area contributed by atoms with Crippen molar-refractivity contribution in [1.29, 1.82) is 0 Å². The Labute approximate surface area is 127 Å². The lowest BCUT2D eigenvalue weighted by Gasteiger charge is -2.37. The molecule has 1 aliphatic rings. The lowest BCUT2D eigenvalue weighted by Crippen LogP contribution is -2.54. The number of anilines is 2. The topological polar surface area (TPSA) is 83.6 Å². The van der Waals surface area contributed by atoms with Gasteiger partial charge in [0.05, 0.1) is 23.2 Å². The second-order valence-electron chi connectivity index (χ2n) is 6.55. The summed E-state index contributed by atoms with van der Waals surface area (Å²) in [5.41, 5.74) is 7.18. The van der Waals surface area contributed by atoms with Crippen molar-refractivity contribution >= 4 is 11.4 Å². The minimum Gasteiger partial charge on any atom is -0.397 e. The Morgan fingerprint density at radius 2 is 1.81 bits per heavy atom. The molecule has 4 N–H and O–H groups in total. The molecular weight excluding hydrogens is 268 g/mol. The zero-order chi connectivity index (χ0) is 16.0. The fraction of sp³-hybridized carbons (Fsp3) is 0.667. The summed E-state index contributed by atoms with van der Waals surface area (Å²) >= 11 is 0. The van der Waals surface area contributed by atoms with E-state index in [-0.39, 0.29) is 0 Å². The molecule has 1 aromatic heterocycles. The normalized spacial score (nSPS) is 22.5. The molecule has 0 saturated carbocycles. The molecule has 1 aliphatic heterocycles. The third-order valence-electron chi connectivity index (χ3n) is 2.94. The third kappa shape index (κ3) is 6.75. The average Bonchev–Trinajstić information content (AvgIpc) is 2.37. The van der Waals surface area contributed by atoms with Gasteiger partial charge in [-0.2, -0.15) is 0 Å². The molecule has 0 spiro atoms. The fourth-order valence-corrected chi connectivity index (χ4v) is 2.16. The molecule has 2 atom stereocenters. The maximum Gasteiger partial charge on any atom is 0.0949 e. The van der Waals surface area contributed by atoms with Gasteiger partial charge in [-0.3, -0.25) is 10.2 Å². The van der Waals surface area contributed by atoms with Crippen LogP contribution in [0.3, 0.4) is 0 Å². The molecule has 2 heterocycles. The highest BCUT2D eigenvalue weighted by Crippen LogP contribution is 2.18. The SMILES string of the molecule is CC(C)(C)OO.C[C@@H]1CN(c2cncc(N)c2)C[C@H](C)N1. The van der Waals surface area contributed by atoms with Crippen LogP contribution >= 0.6 is 0 Å². The summed E-state index contributed by atoms with van der Waals surface area (Å²) in [7, 11) is 0. The van der Waals surface area contributed by atoms with Crippen LogP contribution in [0.25, 0.3) is 0 Å². The van der Waals surface area contributed by atoms with Crippen LogP contribution in [0.2, 0.25) is 0 Å². The lowest BCUT2D eigenvalue weighted by atomic mass is 10.1. The Bertz CT molecular complexity index is 424. The van der Waals surface area contributed by atoms with Gasteiger partial charge in [0.25, 0.3) is 0 Å². The van der Waals surface area contributed by atoms with Gasteiger partial charge in [-0.15, -0.1) is 0 Å². The zero-order valence-corrected chi connectivity index (χ0v) is 13.6. The van der Waals surface area contributed by atoms with Crippen LogP contribution in [-0.2, 0) is 4.89 Å². The van der Waals surface area contributed by atoms with E-state index in [0.717, 1.165) is 24.5 Å². The number of rotatable bonds is 1. The van der Waals surface area contributed by atoms with E-state index in [1.165, 1.54) is 0 Å². The molecule has 1 fully saturated rings. The number of nitrogen functional groups attached to an aromatic ring is 1. The Hall–Kier alpha value is -1.37. The summed E-state index contributed by atoms with van der Waals surface area (Å²) in [5, 5.41) is 11.4. The second-order valence-corrected chi connectivity index (χ2v) is 6.55. The summed E-state index contributed by atoms with van der Waals surface area (Å²) in [6, 6.07) is 3.00. The molecule has 1 aromatic rings. The molecule has 0 amide bonds. The Morgan fingerprint density at radius 3 is 2.24 bits per heavy atom. The van der Waals surface area contributed by atoms with Crippen molar-refractivity contribution in [2.24, 2.45) is 0 Å². The van der Waals surface area contributed by atoms with E-state index in [4.69, 9.17) is 11.0 Å². The third-order valence-corrected chi connectivity index (χ3v) is 2.94. The zero-order valence-electron chi connectivity index (χ0n) is 13.6. The van der Waals surface area contributed by atoms with Gasteiger partial charge >= 0.3 is 0 Å². The highest BCUT2D eigenvalue weighted by atomic mass is 17.1. The quantitative estimate of drug-likeness (QED) is 0.544. The van der Waals surface area contributed by atoms with Crippen molar-refractivity contribution < 1.29 is 10.1 Å². The first-order valence-corrected chi connectivity index (χ1v) is 7.25. The van der Waals surface area contributed by atoms with Gasteiger partial charge in [-0.1, -0.05) is 0 Å². The molecule has 21 heavy (non-hydrogen) atoms. The summed E-state index contributed by atoms with van der Waals surface area (Å²) in [4.78, 5) is 10.4. The molecule has 0 bridgehead atoms. The monoisotopic (exact) mass is 296 g/mol. The molecule has 6 heteroatoms. The van der Waals surface area contributed by atoms with Crippen LogP contribution < -0.4 is 16.0 Å². The highest BCUT2D eigenvalue weighted by Gasteiger charge is 2.21. The number of hydrogen-bond acceptors (Lipinski definition) is 6. The Kier molecular flexibility index (Phi) is 6.39. The van der Waals surface area contributed by atoms with Crippen LogP contribution in [0.4, 0.5) is 11.4 Å². The number of nitrogens with two attached hydrogens (primary N) is 1. The molecule has 1 saturated heterocycles. The van der Waals surface area contributed by atoms with Gasteiger partial charge < -0.3 is 16.0 Å². The van der Waals surface area contributed by atoms with E-state index >= 15 is 0 Å². The molecule has 0 aromatic carbocycles. The predicted octanol–water partition coefficient (Wildman–Crippen LogP) is 2.12. The Morgan fingerprint density at radius 1 is 1.29 bits per heavy atom. The van der Waals surface area contributed by atoms with Crippen molar-refractivity contribution in [2.45, 2.75) is 52.3 Å². The van der Waals surface area contributed by atoms with Crippen molar-refractivity contribution in [1.82, 2.24) is 10.3 Å². The van der Waals surface area contributed by atoms with E-state index in [9.17, 15) is 0 Å². The number of nitrogens with zero attached hydrogens (tertiary/aromatic N) is 2. The average molecular weight is 296 g/mol. The van der Waals surface area contributed by atoms with E-state index in [0.29, 0.717) is 12.1 Å². The first-order chi connectivity index (χ1) is 9.71. The first kappa shape index (κ1) is 17.7. The van der Waals surface area contributed by atoms with Gasteiger partial charge in [-0.05, 0) is 40.7 Å². The molecule has 6 nitrogen and oxygen atoms in total. The summed E-state index contributed by atoms with van der Waals surface area (Å²) in [6.45, 7) is 11.7. The van der Waals surface area contributed by atoms with Gasteiger partial charge in [0.1, 0.15) is 0 Å². The van der Waals surface area contributed by atoms with E-state index in [2.05, 4.69) is 33.9 Å². The van der Waals surface area contributed by atoms with Crippen molar-refractivity contribution in [2.75, 3.05) is 23.7 Å². The van der Waals surface area contributed by atoms with Crippen molar-refractivity contribution in [3.8, 4) is 0 Å². The standard InChI is InChI=1S/C11H18N4.C4H10O2/c1-8-6-15(7-9(2)14-8)11-3-10(12)4-13-5-11;1-4(2,3)6-5/h3-5,8-9,14H,6-7,12H2,1-2H3;5H,1-3H3/t8-,9+;. The van der Waals surface area contributed by atoms with Crippen molar-refractivity contribution in [3.05, 3.63) is 18.5 Å². The highest BCUT2D eigenvalue weighted by molar-refractivity contribution is 5.53. The van der Waals surface area contributed by atoms with E-state index in [1.54, 1.807) is 27.0 Å². The van der Waals surface area contributed by atoms with E-state index < -0.39 is 5.60 Å². The fourth-order valence-electron chi connectivity index (χ4n) is 2.16. The predicted molar refractivity (Wildman–Crippen MR) is 86.4 cm³/mol. The minimum atomic E-state index is -0.403. The minimum absolute atomic E-state index is 0.403. The molecule has 0 unspecified atom stereocenters. The number of aromatic nitrogens is 1. The maximum atomic E-state index is 7.90. The van der Waals surface area contributed by atoms with Crippen molar-refractivity contribution in [3.63, 3.8) is 0 Å². The molecular formula is C15H28N4O2. The summed E-state index contributed by atoms with van der Waals surface area (Å²) in [6.07, 6.45) is 3.56. The van der Waals surface area contributed by atoms with E-state index in [1.807, 2.05) is 12.3 Å². The summed E-state index contributed by atoms with van der Waals surface area (Å²) in [5.74, 6) is 0. The molecule has 0 aliphatic carbocycles. The smallest absolute Gasteiger partial charge is 0.0949 e. The van der Waals surface area contributed by atoms with Gasteiger partial charge in [0, 0.05) is 31.4 Å². The lowest BCUT2D eigenvalue weighted by molar-refractivity contribution is -0.306. The first-order valence-electron chi connectivity index (χ1n) is 7.25. The van der Waals surface area contributed by atoms with Gasteiger partial charge in [0.2, 0.25) is 0 Å².